The van der Waals surface area contributed by atoms with Gasteiger partial charge in [-0.15, -0.1) is 0 Å². The molecule has 0 heterocycles. The SMILES string of the molecule is O=C(O[C@H]1C[C@H]2C[C@@H]1[C@H]1CC=C[C@H]21)c1ccc([N+](=O)[O-])cc1. The molecule has 114 valence electrons. The number of nitrogens with zero attached hydrogens (tertiary/aromatic N) is 1. The molecule has 5 atom stereocenters. The number of fused-ring (bicyclic) bond motifs is 5. The third-order valence-electron chi connectivity index (χ3n) is 5.51. The third-order valence-corrected chi connectivity index (χ3v) is 5.51. The first-order valence-electron chi connectivity index (χ1n) is 7.75. The lowest BCUT2D eigenvalue weighted by Crippen LogP contribution is -2.32. The van der Waals surface area contributed by atoms with Gasteiger partial charge in [0.1, 0.15) is 6.10 Å². The summed E-state index contributed by atoms with van der Waals surface area (Å²) in [5.74, 6) is 2.11. The Labute approximate surface area is 128 Å². The van der Waals surface area contributed by atoms with Gasteiger partial charge in [-0.1, -0.05) is 12.2 Å². The molecule has 2 bridgehead atoms. The molecule has 2 fully saturated rings. The van der Waals surface area contributed by atoms with Crippen molar-refractivity contribution >= 4 is 11.7 Å². The van der Waals surface area contributed by atoms with E-state index in [2.05, 4.69) is 12.2 Å². The van der Waals surface area contributed by atoms with Crippen molar-refractivity contribution in [2.24, 2.45) is 23.7 Å². The minimum absolute atomic E-state index is 0.00819. The van der Waals surface area contributed by atoms with Crippen LogP contribution < -0.4 is 0 Å². The molecule has 0 amide bonds. The minimum Gasteiger partial charge on any atom is -0.458 e. The molecule has 1 aromatic rings. The Morgan fingerprint density at radius 2 is 1.95 bits per heavy atom. The van der Waals surface area contributed by atoms with Gasteiger partial charge >= 0.3 is 5.97 Å². The van der Waals surface area contributed by atoms with E-state index in [4.69, 9.17) is 4.74 Å². The lowest BCUT2D eigenvalue weighted by molar-refractivity contribution is -0.384. The maximum atomic E-state index is 12.2. The van der Waals surface area contributed by atoms with Crippen molar-refractivity contribution in [3.63, 3.8) is 0 Å². The number of allylic oxidation sites excluding steroid dienone is 2. The predicted octanol–water partition coefficient (Wildman–Crippen LogP) is 3.35. The summed E-state index contributed by atoms with van der Waals surface area (Å²) < 4.78 is 5.70. The van der Waals surface area contributed by atoms with Gasteiger partial charge in [-0.2, -0.15) is 0 Å². The zero-order valence-electron chi connectivity index (χ0n) is 12.1. The molecule has 0 aromatic heterocycles. The molecule has 0 saturated heterocycles. The van der Waals surface area contributed by atoms with Gasteiger partial charge in [0.15, 0.2) is 0 Å². The number of nitro benzene ring substituents is 1. The summed E-state index contributed by atoms with van der Waals surface area (Å²) in [5.41, 5.74) is 0.366. The van der Waals surface area contributed by atoms with Crippen molar-refractivity contribution in [1.82, 2.24) is 0 Å². The van der Waals surface area contributed by atoms with Crippen molar-refractivity contribution in [2.75, 3.05) is 0 Å². The van der Waals surface area contributed by atoms with Gasteiger partial charge < -0.3 is 4.74 Å². The first-order chi connectivity index (χ1) is 10.6. The highest BCUT2D eigenvalue weighted by Crippen LogP contribution is 2.57. The van der Waals surface area contributed by atoms with Gasteiger partial charge in [0.25, 0.3) is 5.69 Å². The molecular formula is C17H17NO4. The fraction of sp³-hybridized carbons (Fsp3) is 0.471. The Hall–Kier alpha value is -2.17. The Kier molecular flexibility index (Phi) is 3.03. The summed E-state index contributed by atoms with van der Waals surface area (Å²) in [6.45, 7) is 0. The highest BCUT2D eigenvalue weighted by Gasteiger charge is 2.53. The Bertz CT molecular complexity index is 651. The topological polar surface area (TPSA) is 69.4 Å². The van der Waals surface area contributed by atoms with E-state index in [-0.39, 0.29) is 17.8 Å². The number of ether oxygens (including phenoxy) is 1. The summed E-state index contributed by atoms with van der Waals surface area (Å²) in [6.07, 6.45) is 7.83. The normalized spacial score (nSPS) is 34.6. The van der Waals surface area contributed by atoms with Crippen LogP contribution in [0.3, 0.4) is 0 Å². The minimum atomic E-state index is -0.474. The summed E-state index contributed by atoms with van der Waals surface area (Å²) >= 11 is 0. The van der Waals surface area contributed by atoms with Crippen LogP contribution in [-0.4, -0.2) is 17.0 Å². The molecule has 0 radical (unpaired) electrons. The van der Waals surface area contributed by atoms with Crippen molar-refractivity contribution in [1.29, 1.82) is 0 Å². The lowest BCUT2D eigenvalue weighted by atomic mass is 9.80. The summed E-state index contributed by atoms with van der Waals surface area (Å²) in [5, 5.41) is 10.6. The second kappa shape index (κ2) is 4.93. The number of non-ortho nitro benzene ring substituents is 1. The molecule has 5 nitrogen and oxygen atoms in total. The fourth-order valence-corrected chi connectivity index (χ4v) is 4.56. The highest BCUT2D eigenvalue weighted by atomic mass is 16.6. The van der Waals surface area contributed by atoms with Gasteiger partial charge in [0.2, 0.25) is 0 Å². The maximum absolute atomic E-state index is 12.2. The number of carbonyl (C=O) groups is 1. The van der Waals surface area contributed by atoms with Gasteiger partial charge in [-0.05, 0) is 55.1 Å². The smallest absolute Gasteiger partial charge is 0.338 e. The first-order valence-corrected chi connectivity index (χ1v) is 7.75. The zero-order valence-corrected chi connectivity index (χ0v) is 12.1. The van der Waals surface area contributed by atoms with Crippen LogP contribution >= 0.6 is 0 Å². The quantitative estimate of drug-likeness (QED) is 0.371. The van der Waals surface area contributed by atoms with Crippen molar-refractivity contribution in [3.8, 4) is 0 Å². The zero-order chi connectivity index (χ0) is 15.3. The molecule has 0 unspecified atom stereocenters. The average molecular weight is 299 g/mol. The van der Waals surface area contributed by atoms with E-state index in [1.165, 1.54) is 24.3 Å². The van der Waals surface area contributed by atoms with Crippen LogP contribution in [0.25, 0.3) is 0 Å². The third kappa shape index (κ3) is 2.03. The van der Waals surface area contributed by atoms with Crippen molar-refractivity contribution in [3.05, 3.63) is 52.1 Å². The molecule has 0 spiro atoms. The number of benzene rings is 1. The lowest BCUT2D eigenvalue weighted by Gasteiger charge is -2.31. The van der Waals surface area contributed by atoms with Crippen LogP contribution in [0.5, 0.6) is 0 Å². The Balaban J connectivity index is 1.44. The molecule has 22 heavy (non-hydrogen) atoms. The van der Waals surface area contributed by atoms with Crippen molar-refractivity contribution in [2.45, 2.75) is 25.4 Å². The van der Waals surface area contributed by atoms with Crippen LogP contribution in [0.1, 0.15) is 29.6 Å². The molecule has 3 aliphatic rings. The van der Waals surface area contributed by atoms with Crippen LogP contribution in [-0.2, 0) is 4.74 Å². The van der Waals surface area contributed by atoms with E-state index in [1.54, 1.807) is 0 Å². The van der Waals surface area contributed by atoms with Gasteiger partial charge in [0.05, 0.1) is 10.5 Å². The van der Waals surface area contributed by atoms with Crippen LogP contribution in [0.15, 0.2) is 36.4 Å². The first kappa shape index (κ1) is 13.5. The fourth-order valence-electron chi connectivity index (χ4n) is 4.56. The number of hydrogen-bond donors (Lipinski definition) is 0. The molecule has 4 rings (SSSR count). The standard InChI is InChI=1S/C17H17NO4/c19-17(10-4-6-12(7-5-10)18(20)21)22-16-9-11-8-15(16)14-3-1-2-13(11)14/h1-2,4-7,11,13-16H,3,8-9H2/t11-,13-,14+,15-,16+/m1/s1. The molecule has 3 aliphatic carbocycles. The maximum Gasteiger partial charge on any atom is 0.338 e. The van der Waals surface area contributed by atoms with Gasteiger partial charge in [-0.25, -0.2) is 4.79 Å². The van der Waals surface area contributed by atoms with Gasteiger partial charge in [0, 0.05) is 12.1 Å². The van der Waals surface area contributed by atoms with Crippen LogP contribution in [0, 0.1) is 33.8 Å². The molecule has 0 N–H and O–H groups in total. The number of carbonyl (C=O) groups excluding carboxylic acids is 1. The number of hydrogen-bond acceptors (Lipinski definition) is 4. The van der Waals surface area contributed by atoms with Gasteiger partial charge in [-0.3, -0.25) is 10.1 Å². The second-order valence-corrected chi connectivity index (χ2v) is 6.55. The van der Waals surface area contributed by atoms with E-state index < -0.39 is 4.92 Å². The number of rotatable bonds is 3. The number of esters is 1. The molecule has 5 heteroatoms. The summed E-state index contributed by atoms with van der Waals surface area (Å²) in [7, 11) is 0. The Morgan fingerprint density at radius 3 is 2.68 bits per heavy atom. The second-order valence-electron chi connectivity index (χ2n) is 6.55. The van der Waals surface area contributed by atoms with E-state index in [9.17, 15) is 14.9 Å². The Morgan fingerprint density at radius 1 is 1.18 bits per heavy atom. The number of nitro groups is 1. The van der Waals surface area contributed by atoms with Crippen molar-refractivity contribution < 1.29 is 14.5 Å². The van der Waals surface area contributed by atoms with E-state index >= 15 is 0 Å². The highest BCUT2D eigenvalue weighted by molar-refractivity contribution is 5.89. The summed E-state index contributed by atoms with van der Waals surface area (Å²) in [4.78, 5) is 22.4. The van der Waals surface area contributed by atoms with Crippen LogP contribution in [0.2, 0.25) is 0 Å². The van der Waals surface area contributed by atoms with E-state index in [1.807, 2.05) is 0 Å². The molecule has 2 saturated carbocycles. The molecule has 1 aromatic carbocycles. The van der Waals surface area contributed by atoms with Crippen LogP contribution in [0.4, 0.5) is 5.69 Å². The van der Waals surface area contributed by atoms with E-state index in [0.29, 0.717) is 29.2 Å². The largest absolute Gasteiger partial charge is 0.458 e. The molecular weight excluding hydrogens is 282 g/mol. The molecule has 0 aliphatic heterocycles. The van der Waals surface area contributed by atoms with E-state index in [0.717, 1.165) is 19.3 Å². The average Bonchev–Trinajstić information content (AvgIpc) is 3.19. The predicted molar refractivity (Wildman–Crippen MR) is 79.3 cm³/mol. The monoisotopic (exact) mass is 299 g/mol. The summed E-state index contributed by atoms with van der Waals surface area (Å²) in [6, 6.07) is 5.61.